The summed E-state index contributed by atoms with van der Waals surface area (Å²) in [4.78, 5) is 19.2. The molecule has 6 nitrogen and oxygen atoms in total. The van der Waals surface area contributed by atoms with Crippen LogP contribution in [0.5, 0.6) is 0 Å². The summed E-state index contributed by atoms with van der Waals surface area (Å²) in [7, 11) is 0. The fraction of sp³-hybridized carbons (Fsp3) is 1.00. The Bertz CT molecular complexity index is 286. The molecule has 0 saturated heterocycles. The third kappa shape index (κ3) is 10.7. The molecule has 0 N–H and O–H groups in total. The van der Waals surface area contributed by atoms with E-state index in [2.05, 4.69) is 20.8 Å². The quantitative estimate of drug-likeness (QED) is 0.244. The number of nitrogens with zero attached hydrogens (tertiary/aromatic N) is 2. The standard InChI is InChI=1S/C14H28N2O4/c1-14(2,3)12-10-8-6-4-5-7-9-11-13(15(17)18)16(19)20/h13H,4-12H2,1-3H3. The molecule has 0 bridgehead atoms. The largest absolute Gasteiger partial charge is 0.450 e. The van der Waals surface area contributed by atoms with Gasteiger partial charge in [0.05, 0.1) is 16.3 Å². The van der Waals surface area contributed by atoms with Gasteiger partial charge in [0.25, 0.3) is 0 Å². The van der Waals surface area contributed by atoms with Gasteiger partial charge in [-0.25, -0.2) is 0 Å². The van der Waals surface area contributed by atoms with Crippen LogP contribution in [0.4, 0.5) is 0 Å². The summed E-state index contributed by atoms with van der Waals surface area (Å²) in [5.41, 5.74) is 0.403. The molecule has 0 aliphatic carbocycles. The zero-order chi connectivity index (χ0) is 15.6. The molecule has 0 fully saturated rings. The zero-order valence-corrected chi connectivity index (χ0v) is 13.0. The maximum atomic E-state index is 10.4. The predicted octanol–water partition coefficient (Wildman–Crippen LogP) is 4.42. The van der Waals surface area contributed by atoms with E-state index in [0.29, 0.717) is 11.8 Å². The molecule has 20 heavy (non-hydrogen) atoms. The van der Waals surface area contributed by atoms with Crippen LogP contribution < -0.4 is 0 Å². The molecule has 0 saturated carbocycles. The van der Waals surface area contributed by atoms with Crippen LogP contribution in [0, 0.1) is 25.6 Å². The van der Waals surface area contributed by atoms with Crippen molar-refractivity contribution in [2.45, 2.75) is 84.7 Å². The molecule has 0 unspecified atom stereocenters. The lowest BCUT2D eigenvalue weighted by Crippen LogP contribution is -2.28. The second-order valence-corrected chi connectivity index (χ2v) is 6.63. The number of rotatable bonds is 11. The minimum absolute atomic E-state index is 0.0457. The van der Waals surface area contributed by atoms with Gasteiger partial charge < -0.3 is 0 Å². The van der Waals surface area contributed by atoms with Crippen LogP contribution in [-0.2, 0) is 0 Å². The summed E-state index contributed by atoms with van der Waals surface area (Å²) in [6.07, 6.45) is 6.85. The van der Waals surface area contributed by atoms with Crippen LogP contribution >= 0.6 is 0 Å². The van der Waals surface area contributed by atoms with E-state index >= 15 is 0 Å². The summed E-state index contributed by atoms with van der Waals surface area (Å²) in [5.74, 6) is 0. The minimum Gasteiger partial charge on any atom is -0.259 e. The highest BCUT2D eigenvalue weighted by molar-refractivity contribution is 4.61. The third-order valence-corrected chi connectivity index (χ3v) is 3.38. The summed E-state index contributed by atoms with van der Waals surface area (Å²) >= 11 is 0. The van der Waals surface area contributed by atoms with Crippen LogP contribution in [0.15, 0.2) is 0 Å². The van der Waals surface area contributed by atoms with Crippen molar-refractivity contribution in [1.82, 2.24) is 0 Å². The van der Waals surface area contributed by atoms with Gasteiger partial charge in [-0.1, -0.05) is 59.3 Å². The van der Waals surface area contributed by atoms with Gasteiger partial charge in [-0.3, -0.25) is 20.2 Å². The van der Waals surface area contributed by atoms with E-state index in [4.69, 9.17) is 0 Å². The molecule has 0 aromatic rings. The Morgan fingerprint density at radius 2 is 1.20 bits per heavy atom. The number of hydrogen-bond acceptors (Lipinski definition) is 4. The van der Waals surface area contributed by atoms with Gasteiger partial charge in [0.2, 0.25) is 0 Å². The van der Waals surface area contributed by atoms with Crippen molar-refractivity contribution < 1.29 is 9.85 Å². The summed E-state index contributed by atoms with van der Waals surface area (Å²) < 4.78 is 0. The van der Waals surface area contributed by atoms with Crippen LogP contribution in [0.25, 0.3) is 0 Å². The second kappa shape index (κ2) is 9.66. The van der Waals surface area contributed by atoms with Gasteiger partial charge in [0.1, 0.15) is 0 Å². The van der Waals surface area contributed by atoms with E-state index in [9.17, 15) is 20.2 Å². The number of hydrogen-bond donors (Lipinski definition) is 0. The lowest BCUT2D eigenvalue weighted by Gasteiger charge is -2.17. The molecule has 6 heteroatoms. The molecule has 0 radical (unpaired) electrons. The molecule has 0 heterocycles. The van der Waals surface area contributed by atoms with E-state index in [1.165, 1.54) is 25.7 Å². The third-order valence-electron chi connectivity index (χ3n) is 3.38. The summed E-state index contributed by atoms with van der Waals surface area (Å²) in [5, 5.41) is 20.8. The van der Waals surface area contributed by atoms with Gasteiger partial charge in [0.15, 0.2) is 0 Å². The topological polar surface area (TPSA) is 86.3 Å². The molecule has 0 atom stereocenters. The highest BCUT2D eigenvalue weighted by atomic mass is 16.7. The molecule has 0 amide bonds. The maximum Gasteiger partial charge on any atom is 0.450 e. The molecule has 0 rings (SSSR count). The number of nitro groups is 2. The lowest BCUT2D eigenvalue weighted by atomic mass is 9.89. The first-order valence-electron chi connectivity index (χ1n) is 7.51. The normalized spacial score (nSPS) is 11.8. The van der Waals surface area contributed by atoms with Gasteiger partial charge in [-0.05, 0) is 18.3 Å². The fourth-order valence-corrected chi connectivity index (χ4v) is 2.15. The lowest BCUT2D eigenvalue weighted by molar-refractivity contribution is -0.743. The SMILES string of the molecule is CC(C)(C)CCCCCCCCCC([N+](=O)[O-])[N+](=O)[O-]. The summed E-state index contributed by atoms with van der Waals surface area (Å²) in [6.45, 7) is 6.73. The first kappa shape index (κ1) is 18.8. The molecule has 0 aliphatic rings. The van der Waals surface area contributed by atoms with Crippen molar-refractivity contribution in [2.75, 3.05) is 0 Å². The van der Waals surface area contributed by atoms with Gasteiger partial charge in [-0.15, -0.1) is 0 Å². The maximum absolute atomic E-state index is 10.4. The average Bonchev–Trinajstić information content (AvgIpc) is 2.29. The van der Waals surface area contributed by atoms with Crippen molar-refractivity contribution in [3.8, 4) is 0 Å². The molecule has 0 aromatic carbocycles. The first-order chi connectivity index (χ1) is 9.24. The van der Waals surface area contributed by atoms with E-state index < -0.39 is 16.0 Å². The number of unbranched alkanes of at least 4 members (excludes halogenated alkanes) is 6. The smallest absolute Gasteiger partial charge is 0.259 e. The molecule has 118 valence electrons. The Kier molecular flexibility index (Phi) is 9.08. The Balaban J connectivity index is 3.45. The monoisotopic (exact) mass is 288 g/mol. The summed E-state index contributed by atoms with van der Waals surface area (Å²) in [6, 6.07) is 0. The molecular weight excluding hydrogens is 260 g/mol. The Morgan fingerprint density at radius 3 is 1.60 bits per heavy atom. The zero-order valence-electron chi connectivity index (χ0n) is 13.0. The van der Waals surface area contributed by atoms with Gasteiger partial charge in [0, 0.05) is 0 Å². The van der Waals surface area contributed by atoms with E-state index in [0.717, 1.165) is 19.3 Å². The van der Waals surface area contributed by atoms with Crippen LogP contribution in [-0.4, -0.2) is 16.0 Å². The van der Waals surface area contributed by atoms with Crippen molar-refractivity contribution in [1.29, 1.82) is 0 Å². The van der Waals surface area contributed by atoms with Crippen LogP contribution in [0.1, 0.15) is 78.6 Å². The molecule has 0 aromatic heterocycles. The average molecular weight is 288 g/mol. The van der Waals surface area contributed by atoms with E-state index in [1.54, 1.807) is 0 Å². The fourth-order valence-electron chi connectivity index (χ4n) is 2.15. The second-order valence-electron chi connectivity index (χ2n) is 6.63. The van der Waals surface area contributed by atoms with E-state index in [-0.39, 0.29) is 6.42 Å². The van der Waals surface area contributed by atoms with Gasteiger partial charge in [-0.2, -0.15) is 0 Å². The molecule has 0 aliphatic heterocycles. The van der Waals surface area contributed by atoms with Crippen molar-refractivity contribution in [2.24, 2.45) is 5.41 Å². The van der Waals surface area contributed by atoms with Crippen molar-refractivity contribution in [3.05, 3.63) is 20.2 Å². The first-order valence-corrected chi connectivity index (χ1v) is 7.51. The predicted molar refractivity (Wildman–Crippen MR) is 78.8 cm³/mol. The molecular formula is C14H28N2O4. The molecule has 0 spiro atoms. The van der Waals surface area contributed by atoms with Crippen molar-refractivity contribution >= 4 is 0 Å². The Labute approximate surface area is 121 Å². The highest BCUT2D eigenvalue weighted by Crippen LogP contribution is 2.22. The Hall–Kier alpha value is -1.20. The van der Waals surface area contributed by atoms with Crippen LogP contribution in [0.2, 0.25) is 0 Å². The van der Waals surface area contributed by atoms with E-state index in [1.807, 2.05) is 0 Å². The van der Waals surface area contributed by atoms with Crippen molar-refractivity contribution in [3.63, 3.8) is 0 Å². The van der Waals surface area contributed by atoms with Crippen LogP contribution in [0.3, 0.4) is 0 Å². The highest BCUT2D eigenvalue weighted by Gasteiger charge is 2.30. The Morgan fingerprint density at radius 1 is 0.800 bits per heavy atom. The minimum atomic E-state index is -1.62. The van der Waals surface area contributed by atoms with Gasteiger partial charge >= 0.3 is 6.17 Å².